The van der Waals surface area contributed by atoms with E-state index in [0.29, 0.717) is 6.54 Å². The first kappa shape index (κ1) is 17.2. The summed E-state index contributed by atoms with van der Waals surface area (Å²) in [5, 5.41) is 0. The normalized spacial score (nSPS) is 24.4. The Bertz CT molecular complexity index is 783. The van der Waals surface area contributed by atoms with E-state index in [1.54, 1.807) is 12.1 Å². The Kier molecular flexibility index (Phi) is 4.53. The minimum absolute atomic E-state index is 0.194. The van der Waals surface area contributed by atoms with Crippen molar-refractivity contribution >= 4 is 11.6 Å². The highest BCUT2D eigenvalue weighted by Gasteiger charge is 2.46. The van der Waals surface area contributed by atoms with Gasteiger partial charge in [-0.2, -0.15) is 0 Å². The lowest BCUT2D eigenvalue weighted by atomic mass is 9.73. The van der Waals surface area contributed by atoms with Crippen LogP contribution in [0.15, 0.2) is 36.7 Å². The molecule has 1 amide bonds. The summed E-state index contributed by atoms with van der Waals surface area (Å²) in [4.78, 5) is 22.0. The van der Waals surface area contributed by atoms with Gasteiger partial charge in [0.25, 0.3) is 0 Å². The molecule has 5 nitrogen and oxygen atoms in total. The minimum Gasteiger partial charge on any atom is -0.337 e. The fourth-order valence-corrected chi connectivity index (χ4v) is 4.43. The first-order chi connectivity index (χ1) is 12.6. The van der Waals surface area contributed by atoms with Crippen molar-refractivity contribution < 1.29 is 9.18 Å². The lowest BCUT2D eigenvalue weighted by molar-refractivity contribution is -0.134. The van der Waals surface area contributed by atoms with Gasteiger partial charge in [0, 0.05) is 38.2 Å². The van der Waals surface area contributed by atoms with Gasteiger partial charge >= 0.3 is 0 Å². The average Bonchev–Trinajstić information content (AvgIpc) is 3.04. The maximum Gasteiger partial charge on any atom is 0.234 e. The van der Waals surface area contributed by atoms with E-state index >= 15 is 0 Å². The fraction of sp³-hybridized carbons (Fsp3) is 0.500. The second-order valence-electron chi connectivity index (χ2n) is 7.59. The van der Waals surface area contributed by atoms with E-state index in [4.69, 9.17) is 0 Å². The van der Waals surface area contributed by atoms with Crippen LogP contribution in [0.25, 0.3) is 0 Å². The molecule has 2 aliphatic rings. The number of halogens is 1. The molecule has 1 aromatic heterocycles. The second-order valence-corrected chi connectivity index (χ2v) is 7.59. The molecule has 2 saturated heterocycles. The molecule has 1 unspecified atom stereocenters. The Morgan fingerprint density at radius 2 is 1.88 bits per heavy atom. The van der Waals surface area contributed by atoms with Gasteiger partial charge in [-0.3, -0.25) is 9.69 Å². The van der Waals surface area contributed by atoms with Crippen molar-refractivity contribution in [3.63, 3.8) is 0 Å². The van der Waals surface area contributed by atoms with Crippen LogP contribution in [-0.2, 0) is 18.4 Å². The Balaban J connectivity index is 1.53. The number of likely N-dealkylation sites (tertiary alicyclic amines) is 1. The third kappa shape index (κ3) is 3.14. The molecule has 0 N–H and O–H groups in total. The topological polar surface area (TPSA) is 41.4 Å². The zero-order valence-corrected chi connectivity index (χ0v) is 15.2. The van der Waals surface area contributed by atoms with Crippen LogP contribution in [-0.4, -0.2) is 40.0 Å². The molecule has 2 aliphatic heterocycles. The zero-order valence-electron chi connectivity index (χ0n) is 15.2. The van der Waals surface area contributed by atoms with Crippen molar-refractivity contribution in [2.75, 3.05) is 24.5 Å². The van der Waals surface area contributed by atoms with Crippen molar-refractivity contribution in [1.29, 1.82) is 0 Å². The predicted molar refractivity (Wildman–Crippen MR) is 98.1 cm³/mol. The molecule has 26 heavy (non-hydrogen) atoms. The molecule has 6 heteroatoms. The molecular weight excluding hydrogens is 331 g/mol. The van der Waals surface area contributed by atoms with Gasteiger partial charge in [0.1, 0.15) is 11.6 Å². The molecule has 138 valence electrons. The first-order valence-corrected chi connectivity index (χ1v) is 9.33. The predicted octanol–water partition coefficient (Wildman–Crippen LogP) is 2.97. The molecule has 0 aliphatic carbocycles. The van der Waals surface area contributed by atoms with E-state index in [0.717, 1.165) is 56.8 Å². The standard InChI is InChI=1S/C20H25FN4O/c1-23-13-10-22-18(23)14-24-11-2-8-20(15-24)9-3-12-25(19(20)26)17-6-4-16(21)5-7-17/h4-7,10,13H,2-3,8-9,11-12,14-15H2,1H3. The third-order valence-electron chi connectivity index (χ3n) is 5.82. The van der Waals surface area contributed by atoms with Gasteiger partial charge in [0.05, 0.1) is 12.0 Å². The molecule has 0 bridgehead atoms. The van der Waals surface area contributed by atoms with Gasteiger partial charge in [0.15, 0.2) is 0 Å². The van der Waals surface area contributed by atoms with Crippen LogP contribution in [0.4, 0.5) is 10.1 Å². The van der Waals surface area contributed by atoms with Gasteiger partial charge in [-0.25, -0.2) is 9.37 Å². The molecular formula is C20H25FN4O. The number of aromatic nitrogens is 2. The number of aryl methyl sites for hydroxylation is 1. The summed E-state index contributed by atoms with van der Waals surface area (Å²) < 4.78 is 15.3. The lowest BCUT2D eigenvalue weighted by Crippen LogP contribution is -2.56. The summed E-state index contributed by atoms with van der Waals surface area (Å²) in [6, 6.07) is 6.28. The lowest BCUT2D eigenvalue weighted by Gasteiger charge is -2.47. The van der Waals surface area contributed by atoms with E-state index in [1.165, 1.54) is 12.1 Å². The Hall–Kier alpha value is -2.21. The summed E-state index contributed by atoms with van der Waals surface area (Å²) in [5.74, 6) is 0.951. The van der Waals surface area contributed by atoms with Gasteiger partial charge in [-0.1, -0.05) is 0 Å². The summed E-state index contributed by atoms with van der Waals surface area (Å²) in [6.07, 6.45) is 7.64. The Labute approximate surface area is 153 Å². The van der Waals surface area contributed by atoms with Crippen LogP contribution in [0.2, 0.25) is 0 Å². The van der Waals surface area contributed by atoms with Gasteiger partial charge < -0.3 is 9.47 Å². The van der Waals surface area contributed by atoms with Crippen LogP contribution < -0.4 is 4.90 Å². The molecule has 4 rings (SSSR count). The summed E-state index contributed by atoms with van der Waals surface area (Å²) in [5.41, 5.74) is 0.479. The molecule has 2 fully saturated rings. The smallest absolute Gasteiger partial charge is 0.234 e. The van der Waals surface area contributed by atoms with Crippen LogP contribution in [0, 0.1) is 11.2 Å². The Morgan fingerprint density at radius 1 is 1.15 bits per heavy atom. The van der Waals surface area contributed by atoms with Crippen molar-refractivity contribution in [3.8, 4) is 0 Å². The number of hydrogen-bond acceptors (Lipinski definition) is 3. The summed E-state index contributed by atoms with van der Waals surface area (Å²) in [6.45, 7) is 3.26. The SMILES string of the molecule is Cn1ccnc1CN1CCCC2(CCCN(c3ccc(F)cc3)C2=O)C1. The van der Waals surface area contributed by atoms with Crippen molar-refractivity contribution in [1.82, 2.24) is 14.5 Å². The molecule has 0 radical (unpaired) electrons. The van der Waals surface area contributed by atoms with Gasteiger partial charge in [0.2, 0.25) is 5.91 Å². The molecule has 2 aromatic rings. The minimum atomic E-state index is -0.323. The molecule has 1 atom stereocenters. The monoisotopic (exact) mass is 356 g/mol. The number of nitrogens with zero attached hydrogens (tertiary/aromatic N) is 4. The van der Waals surface area contributed by atoms with Crippen LogP contribution in [0.5, 0.6) is 0 Å². The number of rotatable bonds is 3. The first-order valence-electron chi connectivity index (χ1n) is 9.33. The number of carbonyl (C=O) groups excluding carboxylic acids is 1. The molecule has 1 aromatic carbocycles. The largest absolute Gasteiger partial charge is 0.337 e. The second kappa shape index (κ2) is 6.83. The maximum absolute atomic E-state index is 13.4. The maximum atomic E-state index is 13.4. The highest BCUT2D eigenvalue weighted by Crippen LogP contribution is 2.41. The molecule has 3 heterocycles. The summed E-state index contributed by atoms with van der Waals surface area (Å²) >= 11 is 0. The number of hydrogen-bond donors (Lipinski definition) is 0. The van der Waals surface area contributed by atoms with Crippen LogP contribution >= 0.6 is 0 Å². The number of amides is 1. The van der Waals surface area contributed by atoms with E-state index in [2.05, 4.69) is 9.88 Å². The highest BCUT2D eigenvalue weighted by molar-refractivity contribution is 5.98. The zero-order chi connectivity index (χ0) is 18.1. The quantitative estimate of drug-likeness (QED) is 0.849. The average molecular weight is 356 g/mol. The van der Waals surface area contributed by atoms with E-state index in [-0.39, 0.29) is 17.1 Å². The van der Waals surface area contributed by atoms with E-state index < -0.39 is 0 Å². The Morgan fingerprint density at radius 3 is 2.58 bits per heavy atom. The molecule has 1 spiro atoms. The summed E-state index contributed by atoms with van der Waals surface area (Å²) in [7, 11) is 2.00. The fourth-order valence-electron chi connectivity index (χ4n) is 4.43. The van der Waals surface area contributed by atoms with Gasteiger partial charge in [-0.05, 0) is 56.5 Å². The van der Waals surface area contributed by atoms with Crippen molar-refractivity contribution in [2.24, 2.45) is 12.5 Å². The third-order valence-corrected chi connectivity index (χ3v) is 5.82. The van der Waals surface area contributed by atoms with Crippen molar-refractivity contribution in [3.05, 3.63) is 48.3 Å². The van der Waals surface area contributed by atoms with Crippen molar-refractivity contribution in [2.45, 2.75) is 32.2 Å². The molecule has 0 saturated carbocycles. The van der Waals surface area contributed by atoms with E-state index in [9.17, 15) is 9.18 Å². The van der Waals surface area contributed by atoms with E-state index in [1.807, 2.05) is 28.9 Å². The number of anilines is 1. The number of piperidine rings is 2. The van der Waals surface area contributed by atoms with Crippen LogP contribution in [0.1, 0.15) is 31.5 Å². The van der Waals surface area contributed by atoms with Crippen LogP contribution in [0.3, 0.4) is 0 Å². The number of benzene rings is 1. The van der Waals surface area contributed by atoms with Gasteiger partial charge in [-0.15, -0.1) is 0 Å². The number of carbonyl (C=O) groups is 1. The highest BCUT2D eigenvalue weighted by atomic mass is 19.1. The number of imidazole rings is 1.